The Labute approximate surface area is 120 Å². The lowest BCUT2D eigenvalue weighted by Crippen LogP contribution is -2.40. The molecule has 1 N–H and O–H groups in total. The van der Waals surface area contributed by atoms with Gasteiger partial charge in [0.2, 0.25) is 5.76 Å². The van der Waals surface area contributed by atoms with Crippen LogP contribution < -0.4 is 5.32 Å². The van der Waals surface area contributed by atoms with Crippen LogP contribution in [0.25, 0.3) is 0 Å². The second-order valence-corrected chi connectivity index (χ2v) is 5.58. The minimum atomic E-state index is -0.410. The minimum Gasteiger partial charge on any atom is -0.463 e. The summed E-state index contributed by atoms with van der Waals surface area (Å²) in [5.74, 6) is -0.0924. The van der Waals surface area contributed by atoms with E-state index < -0.39 is 5.97 Å². The lowest BCUT2D eigenvalue weighted by molar-refractivity contribution is 0.0560. The van der Waals surface area contributed by atoms with Crippen molar-refractivity contribution >= 4 is 5.97 Å². The highest BCUT2D eigenvalue weighted by atomic mass is 16.5. The summed E-state index contributed by atoms with van der Waals surface area (Å²) < 4.78 is 10.00. The maximum atomic E-state index is 11.6. The van der Waals surface area contributed by atoms with Gasteiger partial charge in [-0.15, -0.1) is 0 Å². The van der Waals surface area contributed by atoms with Gasteiger partial charge in [-0.1, -0.05) is 0 Å². The molecule has 5 heteroatoms. The molecule has 0 radical (unpaired) electrons. The Bertz CT molecular complexity index is 436. The van der Waals surface area contributed by atoms with Crippen LogP contribution in [0.1, 0.15) is 42.8 Å². The van der Waals surface area contributed by atoms with Crippen molar-refractivity contribution in [2.24, 2.45) is 0 Å². The molecule has 1 atom stereocenters. The SMILES string of the molecule is COC(=O)c1occc1CN(CC1CCCN1)C(C)C. The number of hydrogen-bond acceptors (Lipinski definition) is 5. The molecule has 1 aliphatic rings. The Balaban J connectivity index is 2.04. The van der Waals surface area contributed by atoms with E-state index in [0.29, 0.717) is 24.4 Å². The van der Waals surface area contributed by atoms with E-state index in [2.05, 4.69) is 24.1 Å². The first-order valence-electron chi connectivity index (χ1n) is 7.24. The summed E-state index contributed by atoms with van der Waals surface area (Å²) in [4.78, 5) is 14.0. The van der Waals surface area contributed by atoms with E-state index in [1.54, 1.807) is 6.26 Å². The molecule has 0 aromatic carbocycles. The van der Waals surface area contributed by atoms with Gasteiger partial charge in [0.15, 0.2) is 0 Å². The lowest BCUT2D eigenvalue weighted by Gasteiger charge is -2.29. The van der Waals surface area contributed by atoms with E-state index in [4.69, 9.17) is 9.15 Å². The predicted octanol–water partition coefficient (Wildman–Crippen LogP) is 2.03. The molecule has 2 rings (SSSR count). The van der Waals surface area contributed by atoms with Gasteiger partial charge in [0.25, 0.3) is 0 Å². The number of nitrogens with zero attached hydrogens (tertiary/aromatic N) is 1. The van der Waals surface area contributed by atoms with Gasteiger partial charge in [0.1, 0.15) is 0 Å². The van der Waals surface area contributed by atoms with Gasteiger partial charge in [-0.2, -0.15) is 0 Å². The fourth-order valence-electron chi connectivity index (χ4n) is 2.60. The molecule has 1 saturated heterocycles. The van der Waals surface area contributed by atoms with Crippen molar-refractivity contribution in [3.63, 3.8) is 0 Å². The predicted molar refractivity (Wildman–Crippen MR) is 76.6 cm³/mol. The molecule has 0 saturated carbocycles. The topological polar surface area (TPSA) is 54.7 Å². The third-order valence-corrected chi connectivity index (χ3v) is 3.84. The Morgan fingerprint density at radius 3 is 3.00 bits per heavy atom. The summed E-state index contributed by atoms with van der Waals surface area (Å²) in [5, 5.41) is 3.51. The molecule has 1 aromatic rings. The fraction of sp³-hybridized carbons (Fsp3) is 0.667. The van der Waals surface area contributed by atoms with Crippen LogP contribution in [-0.2, 0) is 11.3 Å². The fourth-order valence-corrected chi connectivity index (χ4v) is 2.60. The number of hydrogen-bond donors (Lipinski definition) is 1. The van der Waals surface area contributed by atoms with Crippen molar-refractivity contribution < 1.29 is 13.9 Å². The molecule has 1 aromatic heterocycles. The molecule has 20 heavy (non-hydrogen) atoms. The first kappa shape index (κ1) is 15.1. The number of carbonyl (C=O) groups is 1. The number of methoxy groups -OCH3 is 1. The van der Waals surface area contributed by atoms with Crippen LogP contribution in [0, 0.1) is 0 Å². The van der Waals surface area contributed by atoms with Gasteiger partial charge in [-0.3, -0.25) is 4.90 Å². The number of nitrogens with one attached hydrogen (secondary N) is 1. The monoisotopic (exact) mass is 280 g/mol. The van der Waals surface area contributed by atoms with Crippen LogP contribution in [0.4, 0.5) is 0 Å². The average Bonchev–Trinajstić information content (AvgIpc) is 3.08. The van der Waals surface area contributed by atoms with E-state index in [1.807, 2.05) is 6.07 Å². The van der Waals surface area contributed by atoms with Gasteiger partial charge in [0.05, 0.1) is 13.4 Å². The first-order chi connectivity index (χ1) is 9.61. The molecule has 0 bridgehead atoms. The Hall–Kier alpha value is -1.33. The molecule has 112 valence electrons. The molecule has 0 amide bonds. The highest BCUT2D eigenvalue weighted by molar-refractivity contribution is 5.87. The van der Waals surface area contributed by atoms with E-state index in [0.717, 1.165) is 18.7 Å². The molecular weight excluding hydrogens is 256 g/mol. The van der Waals surface area contributed by atoms with Crippen molar-refractivity contribution in [2.75, 3.05) is 20.2 Å². The summed E-state index contributed by atoms with van der Waals surface area (Å²) in [7, 11) is 1.37. The summed E-state index contributed by atoms with van der Waals surface area (Å²) in [6, 6.07) is 2.81. The molecular formula is C15H24N2O3. The van der Waals surface area contributed by atoms with E-state index in [1.165, 1.54) is 20.0 Å². The largest absolute Gasteiger partial charge is 0.463 e. The summed E-state index contributed by atoms with van der Waals surface area (Å²) in [6.07, 6.45) is 4.02. The zero-order chi connectivity index (χ0) is 14.5. The van der Waals surface area contributed by atoms with Crippen molar-refractivity contribution in [3.8, 4) is 0 Å². The van der Waals surface area contributed by atoms with Gasteiger partial charge in [-0.05, 0) is 39.3 Å². The third kappa shape index (κ3) is 3.61. The standard InChI is InChI=1S/C15H24N2O3/c1-11(2)17(10-13-5-4-7-16-13)9-12-6-8-20-14(12)15(18)19-3/h6,8,11,13,16H,4-5,7,9-10H2,1-3H3. The molecule has 2 heterocycles. The van der Waals surface area contributed by atoms with Gasteiger partial charge in [-0.25, -0.2) is 4.79 Å². The second kappa shape index (κ2) is 6.90. The Morgan fingerprint density at radius 2 is 2.40 bits per heavy atom. The van der Waals surface area contributed by atoms with Crippen LogP contribution in [0.2, 0.25) is 0 Å². The number of ether oxygens (including phenoxy) is 1. The number of furan rings is 1. The van der Waals surface area contributed by atoms with Crippen LogP contribution in [0.3, 0.4) is 0 Å². The third-order valence-electron chi connectivity index (χ3n) is 3.84. The van der Waals surface area contributed by atoms with E-state index in [-0.39, 0.29) is 0 Å². The lowest BCUT2D eigenvalue weighted by atomic mass is 10.1. The molecule has 1 aliphatic heterocycles. The van der Waals surface area contributed by atoms with Crippen LogP contribution >= 0.6 is 0 Å². The van der Waals surface area contributed by atoms with E-state index in [9.17, 15) is 4.79 Å². The highest BCUT2D eigenvalue weighted by Gasteiger charge is 2.23. The Morgan fingerprint density at radius 1 is 1.60 bits per heavy atom. The summed E-state index contributed by atoms with van der Waals surface area (Å²) in [5.41, 5.74) is 0.892. The Kier molecular flexibility index (Phi) is 5.20. The van der Waals surface area contributed by atoms with Gasteiger partial charge >= 0.3 is 5.97 Å². The zero-order valence-electron chi connectivity index (χ0n) is 12.5. The summed E-state index contributed by atoms with van der Waals surface area (Å²) >= 11 is 0. The van der Waals surface area contributed by atoms with Crippen LogP contribution in [0.15, 0.2) is 16.7 Å². The maximum Gasteiger partial charge on any atom is 0.374 e. The quantitative estimate of drug-likeness (QED) is 0.808. The smallest absolute Gasteiger partial charge is 0.374 e. The maximum absolute atomic E-state index is 11.6. The average molecular weight is 280 g/mol. The van der Waals surface area contributed by atoms with Gasteiger partial charge < -0.3 is 14.5 Å². The highest BCUT2D eigenvalue weighted by Crippen LogP contribution is 2.17. The number of esters is 1. The van der Waals surface area contributed by atoms with Crippen molar-refractivity contribution in [3.05, 3.63) is 23.7 Å². The van der Waals surface area contributed by atoms with Crippen molar-refractivity contribution in [2.45, 2.75) is 45.3 Å². The number of rotatable bonds is 6. The minimum absolute atomic E-state index is 0.317. The molecule has 5 nitrogen and oxygen atoms in total. The zero-order valence-corrected chi connectivity index (χ0v) is 12.5. The first-order valence-corrected chi connectivity index (χ1v) is 7.24. The molecule has 0 spiro atoms. The van der Waals surface area contributed by atoms with Crippen molar-refractivity contribution in [1.29, 1.82) is 0 Å². The molecule has 1 fully saturated rings. The molecule has 1 unspecified atom stereocenters. The normalized spacial score (nSPS) is 18.9. The summed E-state index contributed by atoms with van der Waals surface area (Å²) in [6.45, 7) is 7.15. The molecule has 0 aliphatic carbocycles. The number of carbonyl (C=O) groups excluding carboxylic acids is 1. The van der Waals surface area contributed by atoms with Crippen LogP contribution in [0.5, 0.6) is 0 Å². The van der Waals surface area contributed by atoms with Crippen molar-refractivity contribution in [1.82, 2.24) is 10.2 Å². The van der Waals surface area contributed by atoms with E-state index >= 15 is 0 Å². The van der Waals surface area contributed by atoms with Crippen LogP contribution in [-0.4, -0.2) is 43.2 Å². The van der Waals surface area contributed by atoms with Gasteiger partial charge in [0, 0.05) is 30.7 Å². The second-order valence-electron chi connectivity index (χ2n) is 5.58.